The molecular formula is C15H25N5. The van der Waals surface area contributed by atoms with Crippen molar-refractivity contribution in [1.29, 1.82) is 0 Å². The lowest BCUT2D eigenvalue weighted by atomic mass is 9.68. The number of hydrogen-bond donors (Lipinski definition) is 1. The molecule has 0 radical (unpaired) electrons. The molecule has 5 heteroatoms. The molecule has 1 aromatic heterocycles. The zero-order chi connectivity index (χ0) is 14.0. The van der Waals surface area contributed by atoms with Crippen LogP contribution in [0.5, 0.6) is 0 Å². The van der Waals surface area contributed by atoms with E-state index in [1.807, 2.05) is 25.0 Å². The van der Waals surface area contributed by atoms with Gasteiger partial charge in [-0.05, 0) is 36.7 Å². The molecule has 0 bridgehead atoms. The number of nitrogens with zero attached hydrogens (tertiary/aromatic N) is 4. The number of rotatable bonds is 3. The van der Waals surface area contributed by atoms with E-state index in [4.69, 9.17) is 0 Å². The molecule has 1 saturated heterocycles. The molecule has 5 nitrogen and oxygen atoms in total. The highest BCUT2D eigenvalue weighted by Crippen LogP contribution is 2.47. The molecular weight excluding hydrogens is 250 g/mol. The first-order valence-electron chi connectivity index (χ1n) is 7.64. The minimum absolute atomic E-state index is 0.626. The first-order valence-corrected chi connectivity index (χ1v) is 7.64. The Kier molecular flexibility index (Phi) is 3.68. The first-order chi connectivity index (χ1) is 9.71. The Morgan fingerprint density at radius 1 is 1.45 bits per heavy atom. The molecule has 1 spiro atoms. The van der Waals surface area contributed by atoms with Gasteiger partial charge in [0.25, 0.3) is 0 Å². The predicted molar refractivity (Wildman–Crippen MR) is 80.7 cm³/mol. The van der Waals surface area contributed by atoms with Crippen LogP contribution in [0.15, 0.2) is 17.4 Å². The third-order valence-electron chi connectivity index (χ3n) is 4.82. The van der Waals surface area contributed by atoms with E-state index in [0.717, 1.165) is 25.5 Å². The Morgan fingerprint density at radius 3 is 2.85 bits per heavy atom. The van der Waals surface area contributed by atoms with E-state index in [-0.39, 0.29) is 0 Å². The average Bonchev–Trinajstić information content (AvgIpc) is 3.01. The van der Waals surface area contributed by atoms with Gasteiger partial charge in [-0.25, -0.2) is 0 Å². The maximum atomic E-state index is 4.44. The second kappa shape index (κ2) is 5.46. The summed E-state index contributed by atoms with van der Waals surface area (Å²) in [5.41, 5.74) is 1.90. The molecule has 1 aliphatic carbocycles. The second-order valence-corrected chi connectivity index (χ2v) is 6.27. The van der Waals surface area contributed by atoms with Crippen LogP contribution in [0.1, 0.15) is 31.2 Å². The summed E-state index contributed by atoms with van der Waals surface area (Å²) in [5, 5.41) is 7.69. The Bertz CT molecular complexity index is 486. The molecule has 2 fully saturated rings. The van der Waals surface area contributed by atoms with E-state index < -0.39 is 0 Å². The highest BCUT2D eigenvalue weighted by atomic mass is 15.3. The van der Waals surface area contributed by atoms with Crippen molar-refractivity contribution in [3.63, 3.8) is 0 Å². The number of guanidine groups is 1. The van der Waals surface area contributed by atoms with Crippen LogP contribution in [-0.4, -0.2) is 47.3 Å². The molecule has 1 aromatic rings. The highest BCUT2D eigenvalue weighted by molar-refractivity contribution is 5.80. The van der Waals surface area contributed by atoms with Gasteiger partial charge in [0.2, 0.25) is 0 Å². The van der Waals surface area contributed by atoms with Crippen molar-refractivity contribution in [3.05, 3.63) is 18.0 Å². The van der Waals surface area contributed by atoms with Crippen LogP contribution in [0.3, 0.4) is 0 Å². The summed E-state index contributed by atoms with van der Waals surface area (Å²) in [4.78, 5) is 6.87. The summed E-state index contributed by atoms with van der Waals surface area (Å²) in [7, 11) is 3.84. The van der Waals surface area contributed by atoms with E-state index in [9.17, 15) is 0 Å². The van der Waals surface area contributed by atoms with Gasteiger partial charge < -0.3 is 10.2 Å². The van der Waals surface area contributed by atoms with E-state index in [1.165, 1.54) is 37.8 Å². The van der Waals surface area contributed by atoms with Gasteiger partial charge in [0.1, 0.15) is 0 Å². The maximum Gasteiger partial charge on any atom is 0.193 e. The summed E-state index contributed by atoms with van der Waals surface area (Å²) >= 11 is 0. The fourth-order valence-electron chi connectivity index (χ4n) is 3.45. The lowest BCUT2D eigenvalue weighted by molar-refractivity contribution is 0.151. The highest BCUT2D eigenvalue weighted by Gasteiger charge is 2.43. The van der Waals surface area contributed by atoms with E-state index in [1.54, 1.807) is 0 Å². The van der Waals surface area contributed by atoms with Crippen LogP contribution in [0.2, 0.25) is 0 Å². The third-order valence-corrected chi connectivity index (χ3v) is 4.82. The number of aromatic nitrogens is 2. The molecule has 0 atom stereocenters. The monoisotopic (exact) mass is 275 g/mol. The molecule has 0 amide bonds. The Hall–Kier alpha value is -1.52. The molecule has 1 N–H and O–H groups in total. The van der Waals surface area contributed by atoms with Crippen molar-refractivity contribution in [2.45, 2.75) is 32.1 Å². The second-order valence-electron chi connectivity index (χ2n) is 6.27. The standard InChI is InChI=1S/C15H25N5/c1-16-14(17-8-4-13-10-18-19(2)11-13)20-9-7-15(12-20)5-3-6-15/h10-11H,3-9,12H2,1-2H3,(H,16,17). The lowest BCUT2D eigenvalue weighted by Crippen LogP contribution is -2.43. The predicted octanol–water partition coefficient (Wildman–Crippen LogP) is 1.41. The lowest BCUT2D eigenvalue weighted by Gasteiger charge is -2.38. The number of aryl methyl sites for hydroxylation is 1. The molecule has 3 rings (SSSR count). The molecule has 110 valence electrons. The zero-order valence-electron chi connectivity index (χ0n) is 12.6. The van der Waals surface area contributed by atoms with Crippen molar-refractivity contribution in [2.24, 2.45) is 17.5 Å². The number of aliphatic imine (C=N–C) groups is 1. The largest absolute Gasteiger partial charge is 0.356 e. The van der Waals surface area contributed by atoms with Crippen molar-refractivity contribution >= 4 is 5.96 Å². The van der Waals surface area contributed by atoms with Gasteiger partial charge in [0, 0.05) is 39.9 Å². The van der Waals surface area contributed by atoms with Gasteiger partial charge >= 0.3 is 0 Å². The van der Waals surface area contributed by atoms with Crippen LogP contribution in [0, 0.1) is 5.41 Å². The number of hydrogen-bond acceptors (Lipinski definition) is 2. The molecule has 2 heterocycles. The number of likely N-dealkylation sites (tertiary alicyclic amines) is 1. The van der Waals surface area contributed by atoms with E-state index in [0.29, 0.717) is 5.41 Å². The molecule has 1 saturated carbocycles. The third kappa shape index (κ3) is 2.67. The first kappa shape index (κ1) is 13.5. The summed E-state index contributed by atoms with van der Waals surface area (Å²) in [6.07, 6.45) is 10.6. The molecule has 2 aliphatic rings. The molecule has 0 unspecified atom stereocenters. The van der Waals surface area contributed by atoms with Crippen LogP contribution in [0.25, 0.3) is 0 Å². The Balaban J connectivity index is 1.48. The van der Waals surface area contributed by atoms with Gasteiger partial charge in [-0.15, -0.1) is 0 Å². The number of nitrogens with one attached hydrogen (secondary N) is 1. The quantitative estimate of drug-likeness (QED) is 0.670. The van der Waals surface area contributed by atoms with Gasteiger partial charge in [0.05, 0.1) is 6.20 Å². The van der Waals surface area contributed by atoms with Crippen LogP contribution >= 0.6 is 0 Å². The van der Waals surface area contributed by atoms with Crippen LogP contribution in [0.4, 0.5) is 0 Å². The SMILES string of the molecule is CN=C(NCCc1cnn(C)c1)N1CCC2(CCC2)C1. The van der Waals surface area contributed by atoms with Crippen molar-refractivity contribution in [1.82, 2.24) is 20.0 Å². The fourth-order valence-corrected chi connectivity index (χ4v) is 3.45. The molecule has 0 aromatic carbocycles. The van der Waals surface area contributed by atoms with Crippen LogP contribution < -0.4 is 5.32 Å². The minimum atomic E-state index is 0.626. The minimum Gasteiger partial charge on any atom is -0.356 e. The fraction of sp³-hybridized carbons (Fsp3) is 0.733. The van der Waals surface area contributed by atoms with Gasteiger partial charge in [-0.2, -0.15) is 5.10 Å². The Labute approximate surface area is 121 Å². The van der Waals surface area contributed by atoms with E-state index in [2.05, 4.69) is 26.5 Å². The van der Waals surface area contributed by atoms with Crippen molar-refractivity contribution < 1.29 is 0 Å². The van der Waals surface area contributed by atoms with Gasteiger partial charge in [0.15, 0.2) is 5.96 Å². The Morgan fingerprint density at radius 2 is 2.30 bits per heavy atom. The van der Waals surface area contributed by atoms with Crippen molar-refractivity contribution in [3.8, 4) is 0 Å². The molecule has 1 aliphatic heterocycles. The average molecular weight is 275 g/mol. The smallest absolute Gasteiger partial charge is 0.193 e. The zero-order valence-corrected chi connectivity index (χ0v) is 12.6. The molecule has 20 heavy (non-hydrogen) atoms. The normalized spacial score (nSPS) is 21.3. The summed E-state index contributed by atoms with van der Waals surface area (Å²) < 4.78 is 1.85. The van der Waals surface area contributed by atoms with Gasteiger partial charge in [-0.3, -0.25) is 9.67 Å². The van der Waals surface area contributed by atoms with Crippen molar-refractivity contribution in [2.75, 3.05) is 26.7 Å². The summed E-state index contributed by atoms with van der Waals surface area (Å²) in [6, 6.07) is 0. The van der Waals surface area contributed by atoms with E-state index >= 15 is 0 Å². The van der Waals surface area contributed by atoms with Gasteiger partial charge in [-0.1, -0.05) is 6.42 Å². The maximum absolute atomic E-state index is 4.44. The topological polar surface area (TPSA) is 45.5 Å². The van der Waals surface area contributed by atoms with Crippen LogP contribution in [-0.2, 0) is 13.5 Å². The summed E-state index contributed by atoms with van der Waals surface area (Å²) in [5.74, 6) is 1.07. The summed E-state index contributed by atoms with van der Waals surface area (Å²) in [6.45, 7) is 3.27.